The quantitative estimate of drug-likeness (QED) is 0.277. The summed E-state index contributed by atoms with van der Waals surface area (Å²) in [7, 11) is 1.59. The van der Waals surface area contributed by atoms with Gasteiger partial charge in [-0.3, -0.25) is 4.79 Å². The number of ether oxygens (including phenoxy) is 9. The Kier molecular flexibility index (Phi) is 10.6. The first kappa shape index (κ1) is 32.3. The van der Waals surface area contributed by atoms with Crippen molar-refractivity contribution in [2.75, 3.05) is 33.5 Å². The van der Waals surface area contributed by atoms with Crippen LogP contribution in [0.25, 0.3) is 0 Å². The first-order chi connectivity index (χ1) is 23.1. The van der Waals surface area contributed by atoms with E-state index in [0.29, 0.717) is 78.4 Å². The van der Waals surface area contributed by atoms with Gasteiger partial charge in [0.15, 0.2) is 42.8 Å². The number of hydrogen-bond donors (Lipinski definition) is 0. The minimum absolute atomic E-state index is 0.264. The highest BCUT2D eigenvalue weighted by molar-refractivity contribution is 6.26. The Balaban J connectivity index is 1.27. The van der Waals surface area contributed by atoms with E-state index in [9.17, 15) is 4.79 Å². The summed E-state index contributed by atoms with van der Waals surface area (Å²) < 4.78 is 54.5. The lowest BCUT2D eigenvalue weighted by Crippen LogP contribution is -2.41. The van der Waals surface area contributed by atoms with Crippen molar-refractivity contribution in [3.8, 4) is 23.0 Å². The van der Waals surface area contributed by atoms with Gasteiger partial charge >= 0.3 is 0 Å². The van der Waals surface area contributed by atoms with Gasteiger partial charge in [0, 0.05) is 43.6 Å². The zero-order chi connectivity index (χ0) is 32.0. The second-order valence-corrected chi connectivity index (χ2v) is 12.6. The molecule has 4 fully saturated rings. The maximum atomic E-state index is 14.6. The molecular formula is C36H45NO10. The Hall–Kier alpha value is -3.22. The van der Waals surface area contributed by atoms with E-state index < -0.39 is 18.7 Å². The summed E-state index contributed by atoms with van der Waals surface area (Å²) >= 11 is 0. The fourth-order valence-electron chi connectivity index (χ4n) is 6.60. The van der Waals surface area contributed by atoms with Crippen LogP contribution < -0.4 is 18.9 Å². The van der Waals surface area contributed by atoms with E-state index in [0.717, 1.165) is 70.6 Å². The van der Waals surface area contributed by atoms with Crippen molar-refractivity contribution in [2.45, 2.75) is 108 Å². The molecule has 2 aromatic rings. The lowest BCUT2D eigenvalue weighted by Gasteiger charge is -2.32. The molecule has 4 saturated heterocycles. The molecule has 5 aliphatic heterocycles. The Bertz CT molecular complexity index is 1400. The van der Waals surface area contributed by atoms with Gasteiger partial charge in [-0.05, 0) is 76.0 Å². The zero-order valence-corrected chi connectivity index (χ0v) is 27.1. The van der Waals surface area contributed by atoms with Crippen molar-refractivity contribution in [2.24, 2.45) is 4.99 Å². The number of ketones is 1. The molecule has 0 saturated carbocycles. The number of methoxy groups -OCH3 is 1. The average molecular weight is 652 g/mol. The maximum Gasteiger partial charge on any atom is 0.203 e. The number of aliphatic imine (C=N–C) groups is 1. The molecule has 0 N–H and O–H groups in total. The van der Waals surface area contributed by atoms with Gasteiger partial charge in [0.25, 0.3) is 0 Å². The molecule has 11 nitrogen and oxygen atoms in total. The van der Waals surface area contributed by atoms with E-state index in [1.54, 1.807) is 19.2 Å². The smallest absolute Gasteiger partial charge is 0.203 e. The molecule has 2 aromatic carbocycles. The fraction of sp³-hybridized carbons (Fsp3) is 0.611. The van der Waals surface area contributed by atoms with Crippen LogP contribution in [0.5, 0.6) is 23.0 Å². The van der Waals surface area contributed by atoms with Gasteiger partial charge in [-0.1, -0.05) is 0 Å². The van der Waals surface area contributed by atoms with Crippen LogP contribution in [-0.4, -0.2) is 76.3 Å². The van der Waals surface area contributed by atoms with Gasteiger partial charge in [-0.15, -0.1) is 0 Å². The minimum Gasteiger partial charge on any atom is -0.493 e. The first-order valence-electron chi connectivity index (χ1n) is 17.3. The van der Waals surface area contributed by atoms with Gasteiger partial charge in [0.05, 0.1) is 43.9 Å². The number of hydrogen-bond acceptors (Lipinski definition) is 11. The van der Waals surface area contributed by atoms with Crippen molar-refractivity contribution in [1.29, 1.82) is 0 Å². The van der Waals surface area contributed by atoms with Gasteiger partial charge in [0.2, 0.25) is 5.78 Å². The number of fused-ring (bicyclic) bond motifs is 1. The van der Waals surface area contributed by atoms with E-state index in [2.05, 4.69) is 0 Å². The molecule has 5 heterocycles. The zero-order valence-electron chi connectivity index (χ0n) is 27.1. The van der Waals surface area contributed by atoms with Crippen LogP contribution in [0.1, 0.15) is 93.0 Å². The Morgan fingerprint density at radius 2 is 1.21 bits per heavy atom. The Morgan fingerprint density at radius 1 is 0.638 bits per heavy atom. The molecule has 0 aliphatic carbocycles. The number of benzene rings is 2. The molecule has 5 unspecified atom stereocenters. The van der Waals surface area contributed by atoms with Gasteiger partial charge in [-0.25, -0.2) is 4.99 Å². The predicted octanol–water partition coefficient (Wildman–Crippen LogP) is 6.64. The molecule has 5 atom stereocenters. The van der Waals surface area contributed by atoms with Crippen LogP contribution in [0.3, 0.4) is 0 Å². The van der Waals surface area contributed by atoms with Crippen molar-refractivity contribution in [3.05, 3.63) is 41.5 Å². The van der Waals surface area contributed by atoms with E-state index in [-0.39, 0.29) is 18.4 Å². The Morgan fingerprint density at radius 3 is 1.79 bits per heavy atom. The molecular weight excluding hydrogens is 606 g/mol. The van der Waals surface area contributed by atoms with Crippen molar-refractivity contribution in [1.82, 2.24) is 0 Å². The van der Waals surface area contributed by atoms with Crippen LogP contribution in [0.15, 0.2) is 35.3 Å². The van der Waals surface area contributed by atoms with Crippen LogP contribution in [0.4, 0.5) is 5.69 Å². The van der Waals surface area contributed by atoms with E-state index in [1.807, 2.05) is 18.2 Å². The van der Waals surface area contributed by atoms with Crippen molar-refractivity contribution in [3.63, 3.8) is 0 Å². The monoisotopic (exact) mass is 651 g/mol. The first-order valence-corrected chi connectivity index (χ1v) is 17.3. The van der Waals surface area contributed by atoms with Crippen molar-refractivity contribution >= 4 is 17.2 Å². The van der Waals surface area contributed by atoms with Crippen LogP contribution in [0.2, 0.25) is 0 Å². The lowest BCUT2D eigenvalue weighted by molar-refractivity contribution is -0.166. The minimum atomic E-state index is -1.04. The molecule has 11 heteroatoms. The number of carbonyl (C=O) groups is 1. The lowest BCUT2D eigenvalue weighted by atomic mass is 9.92. The van der Waals surface area contributed by atoms with Crippen LogP contribution in [-0.2, 0) is 23.7 Å². The van der Waals surface area contributed by atoms with Crippen molar-refractivity contribution < 1.29 is 47.4 Å². The van der Waals surface area contributed by atoms with E-state index in [4.69, 9.17) is 47.6 Å². The summed E-state index contributed by atoms with van der Waals surface area (Å²) in [6.07, 6.45) is 8.22. The van der Waals surface area contributed by atoms with Crippen LogP contribution >= 0.6 is 0 Å². The highest BCUT2D eigenvalue weighted by Gasteiger charge is 2.39. The third-order valence-corrected chi connectivity index (χ3v) is 9.11. The molecule has 0 radical (unpaired) electrons. The number of nitrogens with zero attached hydrogens (tertiary/aromatic N) is 1. The van der Waals surface area contributed by atoms with Gasteiger partial charge in [-0.2, -0.15) is 0 Å². The second kappa shape index (κ2) is 15.3. The third kappa shape index (κ3) is 7.76. The van der Waals surface area contributed by atoms with E-state index in [1.165, 1.54) is 0 Å². The molecule has 47 heavy (non-hydrogen) atoms. The molecule has 0 spiro atoms. The van der Waals surface area contributed by atoms with E-state index >= 15 is 0 Å². The topological polar surface area (TPSA) is 113 Å². The fourth-order valence-corrected chi connectivity index (χ4v) is 6.60. The summed E-state index contributed by atoms with van der Waals surface area (Å²) in [6, 6.07) is 9.07. The molecule has 254 valence electrons. The summed E-state index contributed by atoms with van der Waals surface area (Å²) in [4.78, 5) is 19.7. The van der Waals surface area contributed by atoms with Gasteiger partial charge < -0.3 is 42.6 Å². The number of rotatable bonds is 10. The predicted molar refractivity (Wildman–Crippen MR) is 171 cm³/mol. The molecule has 0 aromatic heterocycles. The largest absolute Gasteiger partial charge is 0.493 e. The molecule has 0 amide bonds. The summed E-state index contributed by atoms with van der Waals surface area (Å²) in [5, 5.41) is 0. The standard InChI is InChI=1S/C36H45NO10/c1-39-27-20-23(14-15-26(27)45-30-11-3-7-17-41-30)34-36(47-32-13-5-9-19-43-32)35(38)33-25(37-34)21-24(44-29-10-2-6-16-40-29)22-28(33)46-31-12-4-8-18-42-31/h14-15,20-22,29-32,36H,2-13,16-19H2,1H3. The summed E-state index contributed by atoms with van der Waals surface area (Å²) in [5.41, 5.74) is 1.88. The van der Waals surface area contributed by atoms with Gasteiger partial charge in [0.1, 0.15) is 11.5 Å². The SMILES string of the molecule is COc1cc(C2=Nc3cc(OC4CCCCO4)cc(OC4CCCCO4)c3C(=O)C2OC2CCCCO2)ccc1OC1CCCCO1. The summed E-state index contributed by atoms with van der Waals surface area (Å²) in [5.74, 6) is 1.68. The highest BCUT2D eigenvalue weighted by atomic mass is 16.7. The summed E-state index contributed by atoms with van der Waals surface area (Å²) in [6.45, 7) is 2.50. The molecule has 0 bridgehead atoms. The van der Waals surface area contributed by atoms with Crippen LogP contribution in [0, 0.1) is 0 Å². The maximum absolute atomic E-state index is 14.6. The average Bonchev–Trinajstić information content (AvgIpc) is 3.11. The molecule has 5 aliphatic rings. The number of Topliss-reactive ketones (excluding diaryl/α,β-unsaturated/α-hetero) is 1. The second-order valence-electron chi connectivity index (χ2n) is 12.6. The number of carbonyl (C=O) groups excluding carboxylic acids is 1. The normalized spacial score (nSPS) is 28.1. The molecule has 7 rings (SSSR count). The Labute approximate surface area is 275 Å². The third-order valence-electron chi connectivity index (χ3n) is 9.11. The highest BCUT2D eigenvalue weighted by Crippen LogP contribution is 2.42.